The highest BCUT2D eigenvalue weighted by Gasteiger charge is 2.14. The van der Waals surface area contributed by atoms with E-state index < -0.39 is 0 Å². The number of hydrogen-bond donors (Lipinski definition) is 0. The van der Waals surface area contributed by atoms with Crippen LogP contribution in [-0.4, -0.2) is 22.5 Å². The Balaban J connectivity index is 1.68. The summed E-state index contributed by atoms with van der Waals surface area (Å²) < 4.78 is 15.9. The van der Waals surface area contributed by atoms with Crippen molar-refractivity contribution in [1.29, 1.82) is 0 Å². The molecule has 0 aliphatic carbocycles. The molecular weight excluding hydrogens is 654 g/mol. The average Bonchev–Trinajstić information content (AvgIpc) is 2.85. The van der Waals surface area contributed by atoms with Gasteiger partial charge in [0.15, 0.2) is 11.5 Å². The fourth-order valence-electron chi connectivity index (χ4n) is 3.63. The van der Waals surface area contributed by atoms with Gasteiger partial charge < -0.3 is 9.47 Å². The monoisotopic (exact) mass is 675 g/mol. The molecule has 4 rings (SSSR count). The van der Waals surface area contributed by atoms with E-state index in [4.69, 9.17) is 9.47 Å². The molecule has 0 unspecified atom stereocenters. The molecule has 0 aliphatic rings. The first-order valence-corrected chi connectivity index (χ1v) is 13.9. The molecule has 0 radical (unpaired) electrons. The molecule has 0 spiro atoms. The third-order valence-corrected chi connectivity index (χ3v) is 6.91. The van der Waals surface area contributed by atoms with Gasteiger partial charge in [-0.05, 0) is 82.9 Å². The first-order valence-electron chi connectivity index (χ1n) is 11.5. The van der Waals surface area contributed by atoms with Crippen LogP contribution in [-0.2, 0) is 13.0 Å². The summed E-state index contributed by atoms with van der Waals surface area (Å²) in [7, 11) is 0. The lowest BCUT2D eigenvalue weighted by atomic mass is 10.2. The number of halogens is 3. The summed E-state index contributed by atoms with van der Waals surface area (Å²) in [5, 5.41) is 5.04. The van der Waals surface area contributed by atoms with Gasteiger partial charge in [-0.15, -0.1) is 0 Å². The highest BCUT2D eigenvalue weighted by Crippen LogP contribution is 2.37. The third-order valence-electron chi connectivity index (χ3n) is 5.30. The molecule has 0 bridgehead atoms. The van der Waals surface area contributed by atoms with Crippen LogP contribution in [0, 0.1) is 0 Å². The van der Waals surface area contributed by atoms with Gasteiger partial charge in [-0.1, -0.05) is 50.9 Å². The lowest BCUT2D eigenvalue weighted by molar-refractivity contribution is 0.267. The number of aryl methyl sites for hydroxylation is 1. The average molecular weight is 678 g/mol. The van der Waals surface area contributed by atoms with Gasteiger partial charge in [-0.25, -0.2) is 4.98 Å². The van der Waals surface area contributed by atoms with E-state index >= 15 is 0 Å². The molecule has 36 heavy (non-hydrogen) atoms. The number of ether oxygens (including phenoxy) is 2. The van der Waals surface area contributed by atoms with Crippen LogP contribution < -0.4 is 15.0 Å². The molecule has 0 saturated heterocycles. The molecule has 1 heterocycles. The molecule has 4 aromatic rings. The number of rotatable bonds is 9. The maximum Gasteiger partial charge on any atom is 0.282 e. The van der Waals surface area contributed by atoms with Gasteiger partial charge in [0.05, 0.1) is 28.2 Å². The molecule has 186 valence electrons. The Bertz CT molecular complexity index is 1470. The molecule has 0 saturated carbocycles. The van der Waals surface area contributed by atoms with Crippen LogP contribution in [0.1, 0.15) is 37.2 Å². The van der Waals surface area contributed by atoms with Crippen molar-refractivity contribution in [3.8, 4) is 11.5 Å². The Morgan fingerprint density at radius 3 is 2.44 bits per heavy atom. The first kappa shape index (κ1) is 26.6. The molecular formula is C27H24Br3N3O3. The summed E-state index contributed by atoms with van der Waals surface area (Å²) in [6.45, 7) is 4.84. The Hall–Kier alpha value is -2.49. The largest absolute Gasteiger partial charge is 0.490 e. The van der Waals surface area contributed by atoms with Crippen LogP contribution in [0.5, 0.6) is 11.5 Å². The Kier molecular flexibility index (Phi) is 8.98. The number of benzene rings is 3. The van der Waals surface area contributed by atoms with Gasteiger partial charge in [-0.2, -0.15) is 9.78 Å². The van der Waals surface area contributed by atoms with Crippen molar-refractivity contribution in [2.75, 3.05) is 6.61 Å². The maximum atomic E-state index is 13.3. The fourth-order valence-corrected chi connectivity index (χ4v) is 4.82. The van der Waals surface area contributed by atoms with Crippen LogP contribution in [0.3, 0.4) is 0 Å². The molecule has 6 nitrogen and oxygen atoms in total. The number of fused-ring (bicyclic) bond motifs is 1. The van der Waals surface area contributed by atoms with Crippen molar-refractivity contribution in [2.45, 2.75) is 33.3 Å². The second-order valence-electron chi connectivity index (χ2n) is 7.98. The summed E-state index contributed by atoms with van der Waals surface area (Å²) in [4.78, 5) is 17.9. The summed E-state index contributed by atoms with van der Waals surface area (Å²) >= 11 is 10.5. The number of hydrogen-bond acceptors (Lipinski definition) is 5. The summed E-state index contributed by atoms with van der Waals surface area (Å²) in [6.07, 6.45) is 3.11. The van der Waals surface area contributed by atoms with Gasteiger partial charge in [0, 0.05) is 15.4 Å². The lowest BCUT2D eigenvalue weighted by Gasteiger charge is -2.15. The smallest absolute Gasteiger partial charge is 0.282 e. The minimum absolute atomic E-state index is 0.209. The predicted molar refractivity (Wildman–Crippen MR) is 154 cm³/mol. The van der Waals surface area contributed by atoms with E-state index in [0.29, 0.717) is 47.9 Å². The molecule has 0 aliphatic heterocycles. The first-order chi connectivity index (χ1) is 17.4. The topological polar surface area (TPSA) is 65.7 Å². The second kappa shape index (κ2) is 12.2. The molecule has 0 N–H and O–H groups in total. The van der Waals surface area contributed by atoms with Crippen LogP contribution >= 0.6 is 47.8 Å². The van der Waals surface area contributed by atoms with Crippen molar-refractivity contribution < 1.29 is 9.47 Å². The van der Waals surface area contributed by atoms with Crippen LogP contribution in [0.4, 0.5) is 0 Å². The van der Waals surface area contributed by atoms with Crippen molar-refractivity contribution >= 4 is 64.9 Å². The number of nitrogens with zero attached hydrogens (tertiary/aromatic N) is 3. The number of aromatic nitrogens is 2. The third kappa shape index (κ3) is 6.25. The molecule has 0 fully saturated rings. The van der Waals surface area contributed by atoms with Gasteiger partial charge in [0.2, 0.25) is 0 Å². The van der Waals surface area contributed by atoms with E-state index in [1.807, 2.05) is 62.4 Å². The highest BCUT2D eigenvalue weighted by atomic mass is 79.9. The SMILES string of the molecule is CCCc1nc2ccc(Br)cc2c(=O)n1N=Cc1cc(Br)c(OCc2ccc(Br)cc2)c(OCC)c1. The van der Waals surface area contributed by atoms with E-state index in [0.717, 1.165) is 31.0 Å². The Morgan fingerprint density at radius 1 is 0.972 bits per heavy atom. The summed E-state index contributed by atoms with van der Waals surface area (Å²) in [5.41, 5.74) is 2.24. The highest BCUT2D eigenvalue weighted by molar-refractivity contribution is 9.11. The Labute approximate surface area is 234 Å². The van der Waals surface area contributed by atoms with Crippen LogP contribution in [0.15, 0.2) is 77.9 Å². The summed E-state index contributed by atoms with van der Waals surface area (Å²) in [5.74, 6) is 1.82. The van der Waals surface area contributed by atoms with E-state index in [9.17, 15) is 4.79 Å². The van der Waals surface area contributed by atoms with E-state index in [2.05, 4.69) is 57.9 Å². The normalized spacial score (nSPS) is 11.4. The molecule has 3 aromatic carbocycles. The van der Waals surface area contributed by atoms with Crippen LogP contribution in [0.2, 0.25) is 0 Å². The van der Waals surface area contributed by atoms with Gasteiger partial charge in [-0.3, -0.25) is 4.79 Å². The van der Waals surface area contributed by atoms with E-state index in [-0.39, 0.29) is 5.56 Å². The van der Waals surface area contributed by atoms with Gasteiger partial charge >= 0.3 is 0 Å². The van der Waals surface area contributed by atoms with Crippen molar-refractivity contribution in [2.24, 2.45) is 5.10 Å². The molecule has 0 atom stereocenters. The van der Waals surface area contributed by atoms with Gasteiger partial charge in [0.25, 0.3) is 5.56 Å². The lowest BCUT2D eigenvalue weighted by Crippen LogP contribution is -2.22. The van der Waals surface area contributed by atoms with E-state index in [1.54, 1.807) is 12.3 Å². The molecule has 1 aromatic heterocycles. The van der Waals surface area contributed by atoms with Gasteiger partial charge in [0.1, 0.15) is 12.4 Å². The zero-order valence-corrected chi connectivity index (χ0v) is 24.6. The summed E-state index contributed by atoms with van der Waals surface area (Å²) in [6, 6.07) is 17.2. The van der Waals surface area contributed by atoms with Crippen molar-refractivity contribution in [1.82, 2.24) is 9.66 Å². The zero-order chi connectivity index (χ0) is 25.7. The second-order valence-corrected chi connectivity index (χ2v) is 10.7. The molecule has 9 heteroatoms. The van der Waals surface area contributed by atoms with E-state index in [1.165, 1.54) is 4.68 Å². The quantitative estimate of drug-likeness (QED) is 0.172. The fraction of sp³-hybridized carbons (Fsp3) is 0.222. The van der Waals surface area contributed by atoms with Crippen LogP contribution in [0.25, 0.3) is 10.9 Å². The minimum Gasteiger partial charge on any atom is -0.490 e. The standard InChI is InChI=1S/C27H24Br3N3O3/c1-3-5-25-32-23-11-10-20(29)14-21(23)27(34)33(25)31-15-18-12-22(30)26(24(13-18)35-4-2)36-16-17-6-8-19(28)9-7-17/h6-15H,3-5,16H2,1-2H3. The Morgan fingerprint density at radius 2 is 1.72 bits per heavy atom. The molecule has 0 amide bonds. The van der Waals surface area contributed by atoms with Crippen molar-refractivity contribution in [3.63, 3.8) is 0 Å². The maximum absolute atomic E-state index is 13.3. The predicted octanol–water partition coefficient (Wildman–Crippen LogP) is 7.50. The zero-order valence-electron chi connectivity index (χ0n) is 19.8. The minimum atomic E-state index is -0.209. The van der Waals surface area contributed by atoms with Crippen molar-refractivity contribution in [3.05, 3.63) is 95.3 Å².